The summed E-state index contributed by atoms with van der Waals surface area (Å²) in [6.45, 7) is 4.32. The van der Waals surface area contributed by atoms with Crippen LogP contribution in [0.15, 0.2) is 33.9 Å². The fourth-order valence-corrected chi connectivity index (χ4v) is 3.41. The summed E-state index contributed by atoms with van der Waals surface area (Å²) in [6.07, 6.45) is 0.770. The van der Waals surface area contributed by atoms with Crippen molar-refractivity contribution in [2.24, 2.45) is 14.1 Å². The first-order valence-electron chi connectivity index (χ1n) is 9.47. The summed E-state index contributed by atoms with van der Waals surface area (Å²) in [4.78, 5) is 28.4. The number of nitrogens with zero attached hydrogens (tertiary/aromatic N) is 5. The molecule has 1 fully saturated rings. The van der Waals surface area contributed by atoms with Gasteiger partial charge in [0.25, 0.3) is 5.56 Å². The summed E-state index contributed by atoms with van der Waals surface area (Å²) in [5, 5.41) is 9.04. The van der Waals surface area contributed by atoms with Crippen LogP contribution in [0, 0.1) is 17.1 Å². The zero-order valence-corrected chi connectivity index (χ0v) is 16.6. The number of benzene rings is 1. The van der Waals surface area contributed by atoms with Crippen molar-refractivity contribution in [1.82, 2.24) is 14.0 Å². The van der Waals surface area contributed by atoms with Gasteiger partial charge in [-0.1, -0.05) is 0 Å². The van der Waals surface area contributed by atoms with Crippen molar-refractivity contribution in [3.63, 3.8) is 0 Å². The van der Waals surface area contributed by atoms with E-state index in [1.807, 2.05) is 11.0 Å². The van der Waals surface area contributed by atoms with Gasteiger partial charge in [0.2, 0.25) is 0 Å². The van der Waals surface area contributed by atoms with Crippen LogP contribution in [0.3, 0.4) is 0 Å². The number of hydrogen-bond donors (Lipinski definition) is 0. The fourth-order valence-electron chi connectivity index (χ4n) is 3.41. The van der Waals surface area contributed by atoms with E-state index in [-0.39, 0.29) is 16.8 Å². The minimum absolute atomic E-state index is 0.193. The molecule has 1 saturated heterocycles. The predicted octanol–water partition coefficient (Wildman–Crippen LogP) is 0.686. The molecule has 1 aromatic carbocycles. The summed E-state index contributed by atoms with van der Waals surface area (Å²) in [6, 6.07) is 7.35. The van der Waals surface area contributed by atoms with E-state index in [4.69, 9.17) is 10.00 Å². The molecule has 0 unspecified atom stereocenters. The number of hydrogen-bond acceptors (Lipinski definition) is 6. The van der Waals surface area contributed by atoms with Gasteiger partial charge in [-0.2, -0.15) is 5.26 Å². The van der Waals surface area contributed by atoms with Gasteiger partial charge >= 0.3 is 5.69 Å². The standard InChI is InChI=1S/C20H24FN5O3/c1-23-18(13-19(27)24(2)20(23)28)26-9-7-25(8-10-26)6-3-11-29-17-5-4-16(21)12-15(17)14-22/h4-5,12-13H,3,6-11H2,1-2H3. The number of anilines is 1. The lowest BCUT2D eigenvalue weighted by Gasteiger charge is -2.36. The van der Waals surface area contributed by atoms with Gasteiger partial charge in [0.15, 0.2) is 0 Å². The van der Waals surface area contributed by atoms with Crippen molar-refractivity contribution in [2.75, 3.05) is 44.2 Å². The monoisotopic (exact) mass is 401 g/mol. The molecular formula is C20H24FN5O3. The molecule has 2 aromatic rings. The third-order valence-electron chi connectivity index (χ3n) is 5.14. The van der Waals surface area contributed by atoms with Gasteiger partial charge in [-0.15, -0.1) is 0 Å². The van der Waals surface area contributed by atoms with Crippen LogP contribution >= 0.6 is 0 Å². The number of halogens is 1. The Hall–Kier alpha value is -3.12. The van der Waals surface area contributed by atoms with Gasteiger partial charge in [0.1, 0.15) is 23.5 Å². The van der Waals surface area contributed by atoms with Gasteiger partial charge in [-0.05, 0) is 24.6 Å². The molecule has 1 aliphatic rings. The second-order valence-corrected chi connectivity index (χ2v) is 7.02. The Morgan fingerprint density at radius 1 is 1.10 bits per heavy atom. The molecule has 8 nitrogen and oxygen atoms in total. The normalized spacial score (nSPS) is 14.6. The molecule has 0 N–H and O–H groups in total. The van der Waals surface area contributed by atoms with Gasteiger partial charge in [-0.25, -0.2) is 9.18 Å². The highest BCUT2D eigenvalue weighted by Gasteiger charge is 2.20. The first-order valence-corrected chi connectivity index (χ1v) is 9.47. The van der Waals surface area contributed by atoms with Crippen molar-refractivity contribution in [3.8, 4) is 11.8 Å². The quantitative estimate of drug-likeness (QED) is 0.662. The average molecular weight is 401 g/mol. The predicted molar refractivity (Wildman–Crippen MR) is 107 cm³/mol. The molecule has 0 saturated carbocycles. The van der Waals surface area contributed by atoms with Crippen LogP contribution in [-0.4, -0.2) is 53.4 Å². The van der Waals surface area contributed by atoms with Crippen LogP contribution in [0.1, 0.15) is 12.0 Å². The zero-order chi connectivity index (χ0) is 21.0. The maximum atomic E-state index is 13.2. The summed E-state index contributed by atoms with van der Waals surface area (Å²) in [7, 11) is 3.14. The van der Waals surface area contributed by atoms with Crippen LogP contribution in [0.25, 0.3) is 0 Å². The number of piperazine rings is 1. The number of rotatable bonds is 6. The molecule has 29 heavy (non-hydrogen) atoms. The van der Waals surface area contributed by atoms with Crippen LogP contribution in [0.5, 0.6) is 5.75 Å². The molecule has 0 aliphatic carbocycles. The molecule has 1 aliphatic heterocycles. The highest BCUT2D eigenvalue weighted by molar-refractivity contribution is 5.43. The third-order valence-corrected chi connectivity index (χ3v) is 5.14. The molecular weight excluding hydrogens is 377 g/mol. The fraction of sp³-hybridized carbons (Fsp3) is 0.450. The zero-order valence-electron chi connectivity index (χ0n) is 16.6. The van der Waals surface area contributed by atoms with Crippen LogP contribution in [-0.2, 0) is 14.1 Å². The van der Waals surface area contributed by atoms with Gasteiger partial charge in [0.05, 0.1) is 12.2 Å². The van der Waals surface area contributed by atoms with Gasteiger partial charge in [-0.3, -0.25) is 18.8 Å². The lowest BCUT2D eigenvalue weighted by Crippen LogP contribution is -2.49. The van der Waals surface area contributed by atoms with Crippen molar-refractivity contribution >= 4 is 5.82 Å². The van der Waals surface area contributed by atoms with E-state index < -0.39 is 5.82 Å². The molecule has 154 valence electrons. The topological polar surface area (TPSA) is 83.5 Å². The molecule has 0 atom stereocenters. The van der Waals surface area contributed by atoms with E-state index in [9.17, 15) is 14.0 Å². The molecule has 0 spiro atoms. The van der Waals surface area contributed by atoms with Crippen LogP contribution < -0.4 is 20.9 Å². The van der Waals surface area contributed by atoms with E-state index in [0.717, 1.165) is 43.7 Å². The largest absolute Gasteiger partial charge is 0.492 e. The second kappa shape index (κ2) is 8.92. The van der Waals surface area contributed by atoms with Crippen molar-refractivity contribution in [1.29, 1.82) is 5.26 Å². The third kappa shape index (κ3) is 4.66. The minimum Gasteiger partial charge on any atom is -0.492 e. The van der Waals surface area contributed by atoms with E-state index in [1.165, 1.54) is 35.9 Å². The number of nitriles is 1. The maximum Gasteiger partial charge on any atom is 0.332 e. The molecule has 1 aromatic heterocycles. The van der Waals surface area contributed by atoms with Gasteiger partial charge in [0, 0.05) is 52.9 Å². The Labute approximate surface area is 168 Å². The summed E-state index contributed by atoms with van der Waals surface area (Å²) >= 11 is 0. The van der Waals surface area contributed by atoms with Crippen LogP contribution in [0.2, 0.25) is 0 Å². The van der Waals surface area contributed by atoms with Crippen molar-refractivity contribution in [2.45, 2.75) is 6.42 Å². The van der Waals surface area contributed by atoms with E-state index in [0.29, 0.717) is 18.2 Å². The number of ether oxygens (including phenoxy) is 1. The first-order chi connectivity index (χ1) is 13.9. The number of aromatic nitrogens is 2. The Kier molecular flexibility index (Phi) is 6.34. The molecule has 0 radical (unpaired) electrons. The van der Waals surface area contributed by atoms with E-state index in [2.05, 4.69) is 4.90 Å². The Morgan fingerprint density at radius 2 is 1.83 bits per heavy atom. The summed E-state index contributed by atoms with van der Waals surface area (Å²) < 4.78 is 21.4. The molecule has 0 amide bonds. The first kappa shape index (κ1) is 20.6. The smallest absolute Gasteiger partial charge is 0.332 e. The summed E-state index contributed by atoms with van der Waals surface area (Å²) in [5.74, 6) is 0.576. The van der Waals surface area contributed by atoms with Gasteiger partial charge < -0.3 is 9.64 Å². The lowest BCUT2D eigenvalue weighted by molar-refractivity contribution is 0.223. The molecule has 3 rings (SSSR count). The highest BCUT2D eigenvalue weighted by Crippen LogP contribution is 2.19. The van der Waals surface area contributed by atoms with Crippen LogP contribution in [0.4, 0.5) is 10.2 Å². The SMILES string of the molecule is Cn1c(N2CCN(CCCOc3ccc(F)cc3C#N)CC2)cc(=O)n(C)c1=O. The Morgan fingerprint density at radius 3 is 2.52 bits per heavy atom. The Balaban J connectivity index is 1.48. The second-order valence-electron chi connectivity index (χ2n) is 7.02. The molecule has 0 bridgehead atoms. The summed E-state index contributed by atoms with van der Waals surface area (Å²) in [5.41, 5.74) is -0.442. The Bertz CT molecular complexity index is 1030. The van der Waals surface area contributed by atoms with E-state index in [1.54, 1.807) is 7.05 Å². The van der Waals surface area contributed by atoms with Crippen molar-refractivity contribution in [3.05, 3.63) is 56.5 Å². The maximum absolute atomic E-state index is 13.2. The average Bonchev–Trinajstić information content (AvgIpc) is 2.73. The minimum atomic E-state index is -0.458. The highest BCUT2D eigenvalue weighted by atomic mass is 19.1. The lowest BCUT2D eigenvalue weighted by atomic mass is 10.2. The molecule has 9 heteroatoms. The van der Waals surface area contributed by atoms with E-state index >= 15 is 0 Å². The molecule has 2 heterocycles. The van der Waals surface area contributed by atoms with Crippen molar-refractivity contribution < 1.29 is 9.13 Å².